The second-order valence-electron chi connectivity index (χ2n) is 5.83. The van der Waals surface area contributed by atoms with Crippen molar-refractivity contribution in [1.82, 2.24) is 15.6 Å². The third-order valence-corrected chi connectivity index (χ3v) is 4.37. The van der Waals surface area contributed by atoms with Gasteiger partial charge in [-0.2, -0.15) is 0 Å². The maximum atomic E-state index is 5.78. The predicted octanol–water partition coefficient (Wildman–Crippen LogP) is 2.26. The molecule has 1 aromatic heterocycles. The highest BCUT2D eigenvalue weighted by Gasteiger charge is 2.41. The third kappa shape index (κ3) is 5.46. The van der Waals surface area contributed by atoms with Gasteiger partial charge in [0.2, 0.25) is 0 Å². The number of methoxy groups -OCH3 is 1. The van der Waals surface area contributed by atoms with Crippen LogP contribution in [0.15, 0.2) is 23.3 Å². The summed E-state index contributed by atoms with van der Waals surface area (Å²) in [6.07, 6.45) is 6.36. The van der Waals surface area contributed by atoms with Crippen LogP contribution in [0.2, 0.25) is 5.15 Å². The van der Waals surface area contributed by atoms with Gasteiger partial charge in [-0.1, -0.05) is 17.7 Å². The first-order valence-corrected chi connectivity index (χ1v) is 8.09. The van der Waals surface area contributed by atoms with Crippen molar-refractivity contribution < 1.29 is 4.74 Å². The molecule has 0 unspecified atom stereocenters. The molecule has 5 nitrogen and oxygen atoms in total. The molecule has 1 saturated carbocycles. The van der Waals surface area contributed by atoms with E-state index < -0.39 is 0 Å². The van der Waals surface area contributed by atoms with Crippen molar-refractivity contribution in [2.24, 2.45) is 10.4 Å². The van der Waals surface area contributed by atoms with Crippen molar-refractivity contribution in [1.29, 1.82) is 0 Å². The van der Waals surface area contributed by atoms with E-state index in [1.165, 1.54) is 12.8 Å². The first-order valence-electron chi connectivity index (χ1n) is 7.71. The van der Waals surface area contributed by atoms with Gasteiger partial charge in [-0.3, -0.25) is 4.99 Å². The quantitative estimate of drug-likeness (QED) is 0.437. The average Bonchev–Trinajstić information content (AvgIpc) is 3.31. The lowest BCUT2D eigenvalue weighted by Gasteiger charge is -2.18. The highest BCUT2D eigenvalue weighted by atomic mass is 35.5. The monoisotopic (exact) mass is 324 g/mol. The van der Waals surface area contributed by atoms with E-state index in [0.717, 1.165) is 44.1 Å². The molecule has 0 radical (unpaired) electrons. The van der Waals surface area contributed by atoms with Crippen molar-refractivity contribution in [3.8, 4) is 0 Å². The fourth-order valence-corrected chi connectivity index (χ4v) is 2.49. The molecule has 0 aliphatic heterocycles. The zero-order chi connectivity index (χ0) is 15.8. The Morgan fingerprint density at radius 1 is 1.41 bits per heavy atom. The van der Waals surface area contributed by atoms with Crippen LogP contribution in [0.1, 0.15) is 24.8 Å². The minimum atomic E-state index is 0.410. The van der Waals surface area contributed by atoms with Crippen LogP contribution in [0.3, 0.4) is 0 Å². The van der Waals surface area contributed by atoms with Gasteiger partial charge in [0.05, 0.1) is 0 Å². The second kappa shape index (κ2) is 8.34. The van der Waals surface area contributed by atoms with E-state index in [2.05, 4.69) is 20.6 Å². The standard InChI is InChI=1S/C16H25ClN4O/c1-18-15(21-12-16(6-7-16)8-10-22-2)19-9-5-13-3-4-14(17)20-11-13/h3-4,11H,5-10,12H2,1-2H3,(H2,18,19,21). The zero-order valence-electron chi connectivity index (χ0n) is 13.4. The Labute approximate surface area is 137 Å². The van der Waals surface area contributed by atoms with Crippen LogP contribution in [0.4, 0.5) is 0 Å². The van der Waals surface area contributed by atoms with E-state index in [-0.39, 0.29) is 0 Å². The van der Waals surface area contributed by atoms with E-state index >= 15 is 0 Å². The van der Waals surface area contributed by atoms with E-state index in [1.807, 2.05) is 18.3 Å². The summed E-state index contributed by atoms with van der Waals surface area (Å²) in [6, 6.07) is 3.81. The van der Waals surface area contributed by atoms with Gasteiger partial charge in [0.15, 0.2) is 5.96 Å². The zero-order valence-corrected chi connectivity index (χ0v) is 14.1. The molecular weight excluding hydrogens is 300 g/mol. The van der Waals surface area contributed by atoms with Gasteiger partial charge < -0.3 is 15.4 Å². The highest BCUT2D eigenvalue weighted by Crippen LogP contribution is 2.48. The largest absolute Gasteiger partial charge is 0.385 e. The second-order valence-corrected chi connectivity index (χ2v) is 6.22. The normalized spacial score (nSPS) is 16.4. The Morgan fingerprint density at radius 3 is 2.82 bits per heavy atom. The van der Waals surface area contributed by atoms with E-state index in [9.17, 15) is 0 Å². The fraction of sp³-hybridized carbons (Fsp3) is 0.625. The molecule has 2 N–H and O–H groups in total. The number of pyridine rings is 1. The SMILES string of the molecule is CN=C(NCCc1ccc(Cl)nc1)NCC1(CCOC)CC1. The lowest BCUT2D eigenvalue weighted by molar-refractivity contribution is 0.172. The number of aliphatic imine (C=N–C) groups is 1. The van der Waals surface area contributed by atoms with Crippen molar-refractivity contribution in [2.45, 2.75) is 25.7 Å². The summed E-state index contributed by atoms with van der Waals surface area (Å²) >= 11 is 5.78. The average molecular weight is 325 g/mol. The number of hydrogen-bond donors (Lipinski definition) is 2. The number of ether oxygens (including phenoxy) is 1. The van der Waals surface area contributed by atoms with Gasteiger partial charge in [0, 0.05) is 40.1 Å². The van der Waals surface area contributed by atoms with Gasteiger partial charge in [-0.15, -0.1) is 0 Å². The van der Waals surface area contributed by atoms with Crippen LogP contribution in [-0.2, 0) is 11.2 Å². The van der Waals surface area contributed by atoms with Crippen molar-refractivity contribution >= 4 is 17.6 Å². The first kappa shape index (κ1) is 17.0. The molecule has 0 aromatic carbocycles. The molecule has 1 fully saturated rings. The van der Waals surface area contributed by atoms with Crippen LogP contribution in [-0.4, -0.2) is 44.8 Å². The fourth-order valence-electron chi connectivity index (χ4n) is 2.38. The molecule has 0 amide bonds. The molecule has 1 aliphatic carbocycles. The molecule has 6 heteroatoms. The molecule has 0 spiro atoms. The van der Waals surface area contributed by atoms with Gasteiger partial charge >= 0.3 is 0 Å². The van der Waals surface area contributed by atoms with E-state index in [1.54, 1.807) is 14.2 Å². The molecule has 1 aromatic rings. The van der Waals surface area contributed by atoms with E-state index in [0.29, 0.717) is 10.6 Å². The number of hydrogen-bond acceptors (Lipinski definition) is 3. The van der Waals surface area contributed by atoms with Gasteiger partial charge in [-0.05, 0) is 42.7 Å². The van der Waals surface area contributed by atoms with Crippen molar-refractivity contribution in [3.05, 3.63) is 29.0 Å². The Morgan fingerprint density at radius 2 is 2.23 bits per heavy atom. The lowest BCUT2D eigenvalue weighted by atomic mass is 10.0. The highest BCUT2D eigenvalue weighted by molar-refractivity contribution is 6.29. The number of halogens is 1. The van der Waals surface area contributed by atoms with Gasteiger partial charge in [0.1, 0.15) is 5.15 Å². The third-order valence-electron chi connectivity index (χ3n) is 4.14. The summed E-state index contributed by atoms with van der Waals surface area (Å²) < 4.78 is 5.18. The summed E-state index contributed by atoms with van der Waals surface area (Å²) in [5.74, 6) is 0.852. The molecular formula is C16H25ClN4O. The Kier molecular flexibility index (Phi) is 6.46. The van der Waals surface area contributed by atoms with Crippen LogP contribution < -0.4 is 10.6 Å². The first-order chi connectivity index (χ1) is 10.7. The molecule has 0 saturated heterocycles. The molecule has 0 bridgehead atoms. The molecule has 1 heterocycles. The van der Waals surface area contributed by atoms with Crippen molar-refractivity contribution in [2.75, 3.05) is 33.9 Å². The number of aromatic nitrogens is 1. The topological polar surface area (TPSA) is 58.5 Å². The molecule has 122 valence electrons. The molecule has 22 heavy (non-hydrogen) atoms. The maximum Gasteiger partial charge on any atom is 0.191 e. The smallest absolute Gasteiger partial charge is 0.191 e. The number of nitrogens with one attached hydrogen (secondary N) is 2. The number of rotatable bonds is 8. The Balaban J connectivity index is 1.68. The summed E-state index contributed by atoms with van der Waals surface area (Å²) in [6.45, 7) is 2.60. The molecule has 0 atom stereocenters. The lowest BCUT2D eigenvalue weighted by Crippen LogP contribution is -2.41. The molecule has 1 aliphatic rings. The minimum absolute atomic E-state index is 0.410. The number of guanidine groups is 1. The van der Waals surface area contributed by atoms with Crippen LogP contribution >= 0.6 is 11.6 Å². The van der Waals surface area contributed by atoms with Crippen LogP contribution in [0.5, 0.6) is 0 Å². The summed E-state index contributed by atoms with van der Waals surface area (Å²) in [4.78, 5) is 8.35. The number of nitrogens with zero attached hydrogens (tertiary/aromatic N) is 2. The Bertz CT molecular complexity index is 485. The summed E-state index contributed by atoms with van der Waals surface area (Å²) in [7, 11) is 3.56. The molecule has 2 rings (SSSR count). The summed E-state index contributed by atoms with van der Waals surface area (Å²) in [5, 5.41) is 7.29. The van der Waals surface area contributed by atoms with E-state index in [4.69, 9.17) is 16.3 Å². The minimum Gasteiger partial charge on any atom is -0.385 e. The van der Waals surface area contributed by atoms with Crippen LogP contribution in [0, 0.1) is 5.41 Å². The Hall–Kier alpha value is -1.33. The predicted molar refractivity (Wildman–Crippen MR) is 90.5 cm³/mol. The van der Waals surface area contributed by atoms with Gasteiger partial charge in [-0.25, -0.2) is 4.98 Å². The maximum absolute atomic E-state index is 5.78. The van der Waals surface area contributed by atoms with Crippen LogP contribution in [0.25, 0.3) is 0 Å². The summed E-state index contributed by atoms with van der Waals surface area (Å²) in [5.41, 5.74) is 1.57. The van der Waals surface area contributed by atoms with Gasteiger partial charge in [0.25, 0.3) is 0 Å². The van der Waals surface area contributed by atoms with Crippen molar-refractivity contribution in [3.63, 3.8) is 0 Å².